The van der Waals surface area contributed by atoms with Crippen LogP contribution >= 0.6 is 0 Å². The van der Waals surface area contributed by atoms with E-state index in [1.165, 1.54) is 44.4 Å². The van der Waals surface area contributed by atoms with Gasteiger partial charge in [-0.1, -0.05) is 51.9 Å². The maximum atomic E-state index is 12.9. The highest BCUT2D eigenvalue weighted by atomic mass is 16.6. The van der Waals surface area contributed by atoms with Gasteiger partial charge in [0.2, 0.25) is 5.78 Å². The highest BCUT2D eigenvalue weighted by Gasteiger charge is 2.54. The largest absolute Gasteiger partial charge is 0.469 e. The molecule has 1 aliphatic carbocycles. The summed E-state index contributed by atoms with van der Waals surface area (Å²) in [5, 5.41) is 0. The molecule has 1 atom stereocenters. The van der Waals surface area contributed by atoms with Crippen molar-refractivity contribution in [3.63, 3.8) is 0 Å². The molecule has 0 spiro atoms. The topological polar surface area (TPSA) is 69.7 Å². The van der Waals surface area contributed by atoms with Gasteiger partial charge in [0, 0.05) is 17.6 Å². The lowest BCUT2D eigenvalue weighted by molar-refractivity contribution is -0.152. The molecule has 0 radical (unpaired) electrons. The molecule has 5 nitrogen and oxygen atoms in total. The quantitative estimate of drug-likeness (QED) is 0.293. The number of Topliss-reactive ketones (excluding diaryl/α,β-unsaturated/α-hetero) is 1. The van der Waals surface area contributed by atoms with Crippen LogP contribution in [0.5, 0.6) is 0 Å². The zero-order valence-electron chi connectivity index (χ0n) is 17.6. The van der Waals surface area contributed by atoms with E-state index < -0.39 is 11.6 Å². The number of ketones is 2. The molecular formula is C24H30O5. The Labute approximate surface area is 172 Å². The minimum absolute atomic E-state index is 0.0113. The first-order valence-corrected chi connectivity index (χ1v) is 10.7. The summed E-state index contributed by atoms with van der Waals surface area (Å²) in [6.45, 7) is 5.54. The van der Waals surface area contributed by atoms with Crippen LogP contribution in [0.3, 0.4) is 0 Å². The monoisotopic (exact) mass is 398 g/mol. The lowest BCUT2D eigenvalue weighted by atomic mass is 9.75. The summed E-state index contributed by atoms with van der Waals surface area (Å²) in [4.78, 5) is 38.1. The van der Waals surface area contributed by atoms with Gasteiger partial charge in [-0.25, -0.2) is 4.79 Å². The molecule has 2 heterocycles. The standard InChI is InChI=1S/C24H30O5/c1-4-5-6-7-8-9-10-11-12-19(25)21-22-18-15-28-16(2)13-17(18)14-20(26)24(22,3)29-23(21)27/h13-15H,4-12H2,1-3H3/t24-/m0/s1. The first kappa shape index (κ1) is 21.3. The fraction of sp³-hybridized carbons (Fsp3) is 0.542. The minimum Gasteiger partial charge on any atom is -0.469 e. The Morgan fingerprint density at radius 3 is 2.34 bits per heavy atom. The normalized spacial score (nSPS) is 22.9. The number of ether oxygens (including phenoxy) is 2. The Morgan fingerprint density at radius 1 is 1.00 bits per heavy atom. The van der Waals surface area contributed by atoms with Gasteiger partial charge in [-0.3, -0.25) is 9.59 Å². The van der Waals surface area contributed by atoms with E-state index in [0.717, 1.165) is 19.3 Å². The van der Waals surface area contributed by atoms with E-state index in [0.29, 0.717) is 22.5 Å². The predicted octanol–water partition coefficient (Wildman–Crippen LogP) is 5.03. The second-order valence-electron chi connectivity index (χ2n) is 8.19. The van der Waals surface area contributed by atoms with Gasteiger partial charge in [0.05, 0.1) is 6.26 Å². The van der Waals surface area contributed by atoms with E-state index >= 15 is 0 Å². The summed E-state index contributed by atoms with van der Waals surface area (Å²) >= 11 is 0. The van der Waals surface area contributed by atoms with Crippen LogP contribution in [0, 0.1) is 0 Å². The number of hydrogen-bond acceptors (Lipinski definition) is 5. The molecule has 0 aromatic carbocycles. The van der Waals surface area contributed by atoms with Crippen LogP contribution in [0.4, 0.5) is 0 Å². The second-order valence-corrected chi connectivity index (χ2v) is 8.19. The van der Waals surface area contributed by atoms with Crippen molar-refractivity contribution in [3.05, 3.63) is 46.5 Å². The van der Waals surface area contributed by atoms with Gasteiger partial charge in [0.1, 0.15) is 11.3 Å². The zero-order chi connectivity index (χ0) is 21.0. The van der Waals surface area contributed by atoms with Gasteiger partial charge in [-0.15, -0.1) is 0 Å². The van der Waals surface area contributed by atoms with E-state index in [1.807, 2.05) is 0 Å². The van der Waals surface area contributed by atoms with Gasteiger partial charge in [0.15, 0.2) is 11.4 Å². The van der Waals surface area contributed by atoms with Crippen LogP contribution in [0.2, 0.25) is 0 Å². The third kappa shape index (κ3) is 4.29. The molecule has 2 aliphatic heterocycles. The highest BCUT2D eigenvalue weighted by Crippen LogP contribution is 2.46. The molecule has 0 unspecified atom stereocenters. The third-order valence-corrected chi connectivity index (χ3v) is 5.82. The number of carbonyl (C=O) groups excluding carboxylic acids is 3. The highest BCUT2D eigenvalue weighted by molar-refractivity contribution is 6.24. The van der Waals surface area contributed by atoms with Crippen LogP contribution < -0.4 is 0 Å². The van der Waals surface area contributed by atoms with Crippen LogP contribution in [0.1, 0.15) is 78.6 Å². The molecule has 5 heteroatoms. The molecule has 0 saturated heterocycles. The van der Waals surface area contributed by atoms with Gasteiger partial charge < -0.3 is 9.47 Å². The van der Waals surface area contributed by atoms with Gasteiger partial charge in [-0.05, 0) is 38.0 Å². The first-order chi connectivity index (χ1) is 13.9. The minimum atomic E-state index is -1.45. The van der Waals surface area contributed by atoms with E-state index in [1.54, 1.807) is 19.9 Å². The van der Waals surface area contributed by atoms with E-state index in [2.05, 4.69) is 6.92 Å². The molecule has 0 aromatic rings. The number of allylic oxidation sites excluding steroid dienone is 3. The van der Waals surface area contributed by atoms with Crippen LogP contribution in [-0.4, -0.2) is 23.1 Å². The Kier molecular flexibility index (Phi) is 6.56. The average Bonchev–Trinajstić information content (AvgIpc) is 2.95. The van der Waals surface area contributed by atoms with E-state index in [4.69, 9.17) is 9.47 Å². The van der Waals surface area contributed by atoms with Crippen LogP contribution in [0.25, 0.3) is 0 Å². The number of rotatable bonds is 10. The molecule has 0 aromatic heterocycles. The van der Waals surface area contributed by atoms with Crippen molar-refractivity contribution in [3.8, 4) is 0 Å². The maximum Gasteiger partial charge on any atom is 0.343 e. The van der Waals surface area contributed by atoms with Crippen molar-refractivity contribution in [2.24, 2.45) is 0 Å². The number of esters is 1. The predicted molar refractivity (Wildman–Crippen MR) is 110 cm³/mol. The van der Waals surface area contributed by atoms with Gasteiger partial charge >= 0.3 is 5.97 Å². The Bertz CT molecular complexity index is 839. The number of carbonyl (C=O) groups is 3. The third-order valence-electron chi connectivity index (χ3n) is 5.82. The molecule has 0 bridgehead atoms. The molecule has 0 saturated carbocycles. The fourth-order valence-electron chi connectivity index (χ4n) is 4.14. The van der Waals surface area contributed by atoms with Crippen molar-refractivity contribution >= 4 is 17.5 Å². The number of hydrogen-bond donors (Lipinski definition) is 0. The first-order valence-electron chi connectivity index (χ1n) is 10.7. The summed E-state index contributed by atoms with van der Waals surface area (Å²) in [5.74, 6) is -0.633. The summed E-state index contributed by atoms with van der Waals surface area (Å²) < 4.78 is 10.9. The molecule has 29 heavy (non-hydrogen) atoms. The smallest absolute Gasteiger partial charge is 0.343 e. The fourth-order valence-corrected chi connectivity index (χ4v) is 4.14. The lowest BCUT2D eigenvalue weighted by Crippen LogP contribution is -2.40. The number of fused-ring (bicyclic) bond motifs is 3. The van der Waals surface area contributed by atoms with Crippen LogP contribution in [0.15, 0.2) is 46.5 Å². The molecule has 0 fully saturated rings. The van der Waals surface area contributed by atoms with Crippen molar-refractivity contribution in [2.45, 2.75) is 84.2 Å². The van der Waals surface area contributed by atoms with Gasteiger partial charge in [0.25, 0.3) is 0 Å². The number of unbranched alkanes of at least 4 members (excludes halogenated alkanes) is 7. The van der Waals surface area contributed by atoms with E-state index in [-0.39, 0.29) is 23.6 Å². The summed E-state index contributed by atoms with van der Waals surface area (Å²) in [7, 11) is 0. The van der Waals surface area contributed by atoms with Crippen molar-refractivity contribution in [1.29, 1.82) is 0 Å². The molecule has 0 N–H and O–H groups in total. The lowest BCUT2D eigenvalue weighted by Gasteiger charge is -2.31. The Morgan fingerprint density at radius 2 is 1.66 bits per heavy atom. The van der Waals surface area contributed by atoms with E-state index in [9.17, 15) is 14.4 Å². The summed E-state index contributed by atoms with van der Waals surface area (Å²) in [6, 6.07) is 0. The molecule has 3 rings (SSSR count). The molecule has 156 valence electrons. The summed E-state index contributed by atoms with van der Waals surface area (Å²) in [6.07, 6.45) is 14.0. The Hall–Kier alpha value is -2.43. The molecule has 3 aliphatic rings. The van der Waals surface area contributed by atoms with Crippen molar-refractivity contribution in [1.82, 2.24) is 0 Å². The Balaban J connectivity index is 1.70. The molecular weight excluding hydrogens is 368 g/mol. The average molecular weight is 398 g/mol. The second kappa shape index (κ2) is 8.93. The van der Waals surface area contributed by atoms with Gasteiger partial charge in [-0.2, -0.15) is 0 Å². The summed E-state index contributed by atoms with van der Waals surface area (Å²) in [5.41, 5.74) is 0.166. The maximum absolute atomic E-state index is 12.9. The molecule has 0 amide bonds. The van der Waals surface area contributed by atoms with Crippen LogP contribution in [-0.2, 0) is 23.9 Å². The van der Waals surface area contributed by atoms with Crippen molar-refractivity contribution < 1.29 is 23.9 Å². The SMILES string of the molecule is CCCCCCCCCCC(=O)C1=C2C3=COC(C)=CC3=CC(=O)[C@]2(C)OC1=O. The zero-order valence-corrected chi connectivity index (χ0v) is 17.6. The van der Waals surface area contributed by atoms with Crippen molar-refractivity contribution in [2.75, 3.05) is 0 Å².